The first-order chi connectivity index (χ1) is 22.4. The minimum atomic E-state index is -0.445. The molecule has 12 heteroatoms. The standard InChI is InChI=1S/C34H34N8O4/c1-40-18-21(13-29-31(43)26-15-22(4-5-28(26)46-29)38-34(45)39-23-3-2-9-35-16-23)30-27(6-10-36-32(30)40)41-11-7-20(8-12-41)33(44)42-19-24-14-25(42)17-37-24/h2-6,9-10,13,15-16,18,20,24-25,37H,7-8,11-12,14,17,19H2,1H3,(H2,38,39,45)/b29-13-. The van der Waals surface area contributed by atoms with Gasteiger partial charge in [0.1, 0.15) is 11.4 Å². The van der Waals surface area contributed by atoms with Gasteiger partial charge in [0, 0.05) is 92.1 Å². The van der Waals surface area contributed by atoms with Gasteiger partial charge in [0.2, 0.25) is 11.7 Å². The monoisotopic (exact) mass is 618 g/mol. The lowest BCUT2D eigenvalue weighted by atomic mass is 9.94. The van der Waals surface area contributed by atoms with Crippen molar-refractivity contribution in [3.63, 3.8) is 0 Å². The smallest absolute Gasteiger partial charge is 0.323 e. The summed E-state index contributed by atoms with van der Waals surface area (Å²) < 4.78 is 7.97. The van der Waals surface area contributed by atoms with E-state index in [2.05, 4.69) is 35.7 Å². The van der Waals surface area contributed by atoms with Crippen LogP contribution in [-0.4, -0.2) is 75.4 Å². The van der Waals surface area contributed by atoms with E-state index in [-0.39, 0.29) is 17.5 Å². The highest BCUT2D eigenvalue weighted by Crippen LogP contribution is 2.38. The third kappa shape index (κ3) is 5.04. The quantitative estimate of drug-likeness (QED) is 0.286. The molecule has 3 amide bonds. The fourth-order valence-electron chi connectivity index (χ4n) is 7.26. The molecule has 234 valence electrons. The summed E-state index contributed by atoms with van der Waals surface area (Å²) >= 11 is 0. The second-order valence-electron chi connectivity index (χ2n) is 12.4. The molecule has 2 bridgehead atoms. The minimum Gasteiger partial charge on any atom is -0.452 e. The van der Waals surface area contributed by atoms with Gasteiger partial charge in [0.05, 0.1) is 17.4 Å². The molecule has 3 aromatic heterocycles. The van der Waals surface area contributed by atoms with Crippen molar-refractivity contribution in [3.8, 4) is 5.75 Å². The molecule has 4 aliphatic rings. The van der Waals surface area contributed by atoms with Gasteiger partial charge in [-0.15, -0.1) is 0 Å². The van der Waals surface area contributed by atoms with E-state index in [0.29, 0.717) is 40.7 Å². The van der Waals surface area contributed by atoms with Gasteiger partial charge < -0.3 is 35.1 Å². The molecule has 46 heavy (non-hydrogen) atoms. The van der Waals surface area contributed by atoms with Crippen molar-refractivity contribution in [2.24, 2.45) is 13.0 Å². The number of amides is 3. The Labute approximate surface area is 265 Å². The highest BCUT2D eigenvalue weighted by Gasteiger charge is 2.42. The summed E-state index contributed by atoms with van der Waals surface area (Å²) in [5, 5.41) is 9.90. The van der Waals surface area contributed by atoms with E-state index in [1.807, 2.05) is 30.1 Å². The van der Waals surface area contributed by atoms with Crippen molar-refractivity contribution in [1.82, 2.24) is 24.8 Å². The van der Waals surface area contributed by atoms with Crippen LogP contribution in [0, 0.1) is 5.92 Å². The summed E-state index contributed by atoms with van der Waals surface area (Å²) in [6.45, 7) is 3.29. The average Bonchev–Trinajstić information content (AvgIpc) is 3.85. The third-order valence-corrected chi connectivity index (χ3v) is 9.52. The number of aromatic nitrogens is 3. The lowest BCUT2D eigenvalue weighted by Gasteiger charge is -2.37. The Hall–Kier alpha value is -5.23. The van der Waals surface area contributed by atoms with Crippen LogP contribution in [0.2, 0.25) is 0 Å². The number of benzene rings is 1. The van der Waals surface area contributed by atoms with Gasteiger partial charge in [-0.25, -0.2) is 9.78 Å². The van der Waals surface area contributed by atoms with Crippen LogP contribution in [0.5, 0.6) is 5.75 Å². The van der Waals surface area contributed by atoms with Crippen molar-refractivity contribution in [2.75, 3.05) is 41.7 Å². The number of piperazine rings is 1. The number of carbonyl (C=O) groups excluding carboxylic acids is 3. The number of ether oxygens (including phenoxy) is 1. The Kier molecular flexibility index (Phi) is 6.93. The van der Waals surface area contributed by atoms with Gasteiger partial charge in [0.25, 0.3) is 0 Å². The lowest BCUT2D eigenvalue weighted by molar-refractivity contribution is -0.137. The highest BCUT2D eigenvalue weighted by atomic mass is 16.5. The largest absolute Gasteiger partial charge is 0.452 e. The van der Waals surface area contributed by atoms with Crippen LogP contribution in [0.1, 0.15) is 35.2 Å². The van der Waals surface area contributed by atoms with Crippen LogP contribution in [0.4, 0.5) is 21.9 Å². The zero-order valence-electron chi connectivity index (χ0n) is 25.4. The van der Waals surface area contributed by atoms with Crippen LogP contribution < -0.4 is 25.6 Å². The van der Waals surface area contributed by atoms with Crippen LogP contribution in [-0.2, 0) is 11.8 Å². The number of ketones is 1. The molecule has 3 N–H and O–H groups in total. The summed E-state index contributed by atoms with van der Waals surface area (Å²) in [6, 6.07) is 10.8. The van der Waals surface area contributed by atoms with Crippen LogP contribution in [0.25, 0.3) is 17.1 Å². The fourth-order valence-corrected chi connectivity index (χ4v) is 7.26. The van der Waals surface area contributed by atoms with Gasteiger partial charge in [-0.1, -0.05) is 0 Å². The van der Waals surface area contributed by atoms with Crippen molar-refractivity contribution < 1.29 is 19.1 Å². The number of likely N-dealkylation sites (tertiary alicyclic amines) is 1. The maximum atomic E-state index is 13.5. The molecule has 0 aliphatic carbocycles. The number of rotatable bonds is 5. The molecule has 2 atom stereocenters. The second-order valence-corrected chi connectivity index (χ2v) is 12.4. The van der Waals surface area contributed by atoms with E-state index in [4.69, 9.17) is 4.74 Å². The molecule has 7 heterocycles. The van der Waals surface area contributed by atoms with Crippen molar-refractivity contribution in [2.45, 2.75) is 31.3 Å². The molecule has 0 spiro atoms. The Morgan fingerprint density at radius 1 is 1.09 bits per heavy atom. The predicted octanol–water partition coefficient (Wildman–Crippen LogP) is 4.02. The van der Waals surface area contributed by atoms with Crippen molar-refractivity contribution in [1.29, 1.82) is 0 Å². The van der Waals surface area contributed by atoms with Crippen LogP contribution in [0.3, 0.4) is 0 Å². The highest BCUT2D eigenvalue weighted by molar-refractivity contribution is 6.16. The molecule has 3 saturated heterocycles. The third-order valence-electron chi connectivity index (χ3n) is 9.52. The number of pyridine rings is 2. The maximum absolute atomic E-state index is 13.5. The molecule has 12 nitrogen and oxygen atoms in total. The molecule has 4 aromatic rings. The van der Waals surface area contributed by atoms with E-state index < -0.39 is 6.03 Å². The second kappa shape index (κ2) is 11.3. The van der Waals surface area contributed by atoms with E-state index in [0.717, 1.165) is 67.7 Å². The number of hydrogen-bond acceptors (Lipinski definition) is 8. The zero-order valence-corrected chi connectivity index (χ0v) is 25.4. The number of piperidine rings is 1. The zero-order chi connectivity index (χ0) is 31.4. The minimum absolute atomic E-state index is 0.0501. The van der Waals surface area contributed by atoms with Crippen LogP contribution in [0.15, 0.2) is 66.9 Å². The van der Waals surface area contributed by atoms with Gasteiger partial charge in [-0.3, -0.25) is 14.6 Å². The Balaban J connectivity index is 0.999. The summed E-state index contributed by atoms with van der Waals surface area (Å²) in [5.41, 5.74) is 4.05. The molecule has 2 unspecified atom stereocenters. The normalized spacial score (nSPS) is 21.6. The number of urea groups is 1. The van der Waals surface area contributed by atoms with Crippen LogP contribution >= 0.6 is 0 Å². The topological polar surface area (TPSA) is 134 Å². The molecule has 1 aromatic carbocycles. The number of aryl methyl sites for hydroxylation is 1. The summed E-state index contributed by atoms with van der Waals surface area (Å²) in [7, 11) is 1.94. The number of nitrogens with one attached hydrogen (secondary N) is 3. The summed E-state index contributed by atoms with van der Waals surface area (Å²) in [6.07, 6.45) is 11.4. The first-order valence-corrected chi connectivity index (χ1v) is 15.7. The van der Waals surface area contributed by atoms with Gasteiger partial charge in [0.15, 0.2) is 5.76 Å². The summed E-state index contributed by atoms with van der Waals surface area (Å²) in [5.74, 6) is 0.727. The first-order valence-electron chi connectivity index (χ1n) is 15.7. The molecule has 3 fully saturated rings. The predicted molar refractivity (Wildman–Crippen MR) is 174 cm³/mol. The lowest BCUT2D eigenvalue weighted by Crippen LogP contribution is -2.50. The Bertz CT molecular complexity index is 1900. The van der Waals surface area contributed by atoms with Gasteiger partial charge in [-0.2, -0.15) is 0 Å². The van der Waals surface area contributed by atoms with E-state index in [9.17, 15) is 14.4 Å². The van der Waals surface area contributed by atoms with Gasteiger partial charge in [-0.05, 0) is 61.7 Å². The fraction of sp³-hybridized carbons (Fsp3) is 0.324. The SMILES string of the molecule is Cn1cc(/C=C2\Oc3ccc(NC(=O)Nc4cccnc4)cc3C2=O)c2c(N3CCC(C(=O)N4CC5CC4CN5)CC3)ccnc21. The number of hydrogen-bond donors (Lipinski definition) is 3. The van der Waals surface area contributed by atoms with Gasteiger partial charge >= 0.3 is 6.03 Å². The van der Waals surface area contributed by atoms with E-state index >= 15 is 0 Å². The number of allylic oxidation sites excluding steroid dienone is 1. The van der Waals surface area contributed by atoms with Crippen molar-refractivity contribution in [3.05, 3.63) is 78.1 Å². The van der Waals surface area contributed by atoms with Crippen molar-refractivity contribution >= 4 is 51.9 Å². The van der Waals surface area contributed by atoms with E-state index in [1.54, 1.807) is 48.8 Å². The number of carbonyl (C=O) groups is 3. The number of nitrogens with zero attached hydrogens (tertiary/aromatic N) is 5. The number of anilines is 3. The molecule has 0 saturated carbocycles. The molecular formula is C34H34N8O4. The molecule has 8 rings (SSSR count). The molecule has 4 aliphatic heterocycles. The Morgan fingerprint density at radius 3 is 2.70 bits per heavy atom. The maximum Gasteiger partial charge on any atom is 0.323 e. The summed E-state index contributed by atoms with van der Waals surface area (Å²) in [4.78, 5) is 52.4. The average molecular weight is 619 g/mol. The molecular weight excluding hydrogens is 584 g/mol. The molecule has 0 radical (unpaired) electrons. The number of fused-ring (bicyclic) bond motifs is 4. The Morgan fingerprint density at radius 2 is 1.93 bits per heavy atom. The first kappa shape index (κ1) is 28.3. The number of Topliss-reactive ketones (excluding diaryl/α,β-unsaturated/α-hetero) is 1. The van der Waals surface area contributed by atoms with E-state index in [1.165, 1.54) is 0 Å².